The summed E-state index contributed by atoms with van der Waals surface area (Å²) in [6, 6.07) is 28.1. The van der Waals surface area contributed by atoms with Crippen molar-refractivity contribution >= 4 is 47.2 Å². The zero-order chi connectivity index (χ0) is 27.6. The van der Waals surface area contributed by atoms with Gasteiger partial charge in [0, 0.05) is 0 Å². The van der Waals surface area contributed by atoms with E-state index in [9.17, 15) is 0 Å². The number of benzene rings is 4. The predicted octanol–water partition coefficient (Wildman–Crippen LogP) is 8.63. The van der Waals surface area contributed by atoms with E-state index in [1.165, 1.54) is 0 Å². The van der Waals surface area contributed by atoms with E-state index >= 15 is 0 Å². The van der Waals surface area contributed by atoms with Gasteiger partial charge in [0.25, 0.3) is 0 Å². The van der Waals surface area contributed by atoms with E-state index in [0.717, 1.165) is 44.5 Å². The first kappa shape index (κ1) is 27.8. The van der Waals surface area contributed by atoms with Crippen LogP contribution in [0.4, 0.5) is 0 Å². The topological polar surface area (TPSA) is 43.2 Å². The minimum absolute atomic E-state index is 0.296. The van der Waals surface area contributed by atoms with Gasteiger partial charge in [-0.25, -0.2) is 0 Å². The van der Waals surface area contributed by atoms with Crippen LogP contribution < -0.4 is 6.15 Å². The Morgan fingerprint density at radius 3 is 1.36 bits per heavy atom. The van der Waals surface area contributed by atoms with Crippen LogP contribution >= 0.6 is 17.8 Å². The average Bonchev–Trinajstić information content (AvgIpc) is 2.91. The first-order chi connectivity index (χ1) is 18.7. The van der Waals surface area contributed by atoms with Crippen molar-refractivity contribution in [2.75, 3.05) is 0 Å². The van der Waals surface area contributed by atoms with E-state index in [-0.39, 0.29) is 12.1 Å². The molecule has 5 rings (SSSR count). The van der Waals surface area contributed by atoms with Crippen molar-refractivity contribution in [2.24, 2.45) is 9.98 Å². The Hall–Kier alpha value is -2.80. The summed E-state index contributed by atoms with van der Waals surface area (Å²) in [6.07, 6.45) is 3.71. The molecule has 0 bridgehead atoms. The Kier molecular flexibility index (Phi) is 8.36. The fourth-order valence-electron chi connectivity index (χ4n) is 5.02. The van der Waals surface area contributed by atoms with Gasteiger partial charge >= 0.3 is 244 Å². The molecular weight excluding hydrogens is 634 g/mol. The number of nitrogens with zero attached hydrogens (tertiary/aromatic N) is 2. The summed E-state index contributed by atoms with van der Waals surface area (Å²) in [6.45, 7) is 8.07. The summed E-state index contributed by atoms with van der Waals surface area (Å²) >= 11 is -4.61. The number of hydrogen-bond donors (Lipinski definition) is 0. The van der Waals surface area contributed by atoms with Gasteiger partial charge in [-0.05, 0) is 0 Å². The minimum atomic E-state index is -4.61. The molecule has 0 N–H and O–H groups in total. The van der Waals surface area contributed by atoms with Crippen molar-refractivity contribution in [2.45, 2.75) is 39.8 Å². The van der Waals surface area contributed by atoms with Gasteiger partial charge in [-0.2, -0.15) is 0 Å². The first-order valence-corrected chi connectivity index (χ1v) is 22.4. The molecule has 1 aliphatic heterocycles. The third-order valence-corrected chi connectivity index (χ3v) is 11.3. The molecule has 0 unspecified atom stereocenters. The summed E-state index contributed by atoms with van der Waals surface area (Å²) in [5.74, 6) is 1.19. The molecule has 1 aliphatic rings. The molecule has 0 aliphatic carbocycles. The quantitative estimate of drug-likeness (QED) is 0.202. The van der Waals surface area contributed by atoms with E-state index in [2.05, 4.69) is 24.3 Å². The summed E-state index contributed by atoms with van der Waals surface area (Å²) in [4.78, 5) is 10.3. The summed E-state index contributed by atoms with van der Waals surface area (Å²) in [5.41, 5.74) is 7.73. The van der Waals surface area contributed by atoms with Crippen molar-refractivity contribution in [3.05, 3.63) is 129 Å². The van der Waals surface area contributed by atoms with Crippen LogP contribution in [0.15, 0.2) is 94.9 Å². The standard InChI is InChI=1S/C32H32N2O2.2ClH.Sn/c1-21-15-23(3)31(35)27(17-21)19-33-29(25-11-7-5-8-12-25)30(26-13-9-6-10-14-26)34-20-28-18-22(2)16-24(4)32(28)36;;;/h5-20,29-30,35-36H,1-4H3;2*1H;/q;;;+4/p-4/t29-,30-;;;/m1.../s1. The predicted molar refractivity (Wildman–Crippen MR) is 164 cm³/mol. The molecule has 0 aromatic heterocycles. The Bertz CT molecular complexity index is 1420. The SMILES string of the molecule is Cc1cc(C)c2c(c1)C=N[C@H](c1ccccc1)[C@@H](c1ccccc1)N=Cc1cc(C)cc(C)c1[O][Sn]([Cl])([Cl])[O]2. The van der Waals surface area contributed by atoms with Gasteiger partial charge in [-0.3, -0.25) is 0 Å². The summed E-state index contributed by atoms with van der Waals surface area (Å²) in [7, 11) is 13.8. The Labute approximate surface area is 242 Å². The second kappa shape index (κ2) is 11.7. The molecular formula is C32H30Cl2N2O2Sn. The van der Waals surface area contributed by atoms with Crippen LogP contribution in [0.1, 0.15) is 56.6 Å². The molecule has 39 heavy (non-hydrogen) atoms. The number of fused-ring (bicyclic) bond motifs is 2. The summed E-state index contributed by atoms with van der Waals surface area (Å²) < 4.78 is 12.7. The Morgan fingerprint density at radius 2 is 0.974 bits per heavy atom. The number of rotatable bonds is 2. The van der Waals surface area contributed by atoms with Crippen molar-refractivity contribution < 1.29 is 6.15 Å². The summed E-state index contributed by atoms with van der Waals surface area (Å²) in [5, 5.41) is 0. The fourth-order valence-corrected chi connectivity index (χ4v) is 10.2. The molecule has 4 aromatic rings. The van der Waals surface area contributed by atoms with Crippen molar-refractivity contribution in [1.82, 2.24) is 0 Å². The van der Waals surface area contributed by atoms with Gasteiger partial charge < -0.3 is 0 Å². The van der Waals surface area contributed by atoms with Gasteiger partial charge in [0.05, 0.1) is 0 Å². The number of halogens is 2. The molecule has 7 heteroatoms. The van der Waals surface area contributed by atoms with Crippen LogP contribution in [-0.2, 0) is 0 Å². The van der Waals surface area contributed by atoms with Gasteiger partial charge in [0.2, 0.25) is 0 Å². The van der Waals surface area contributed by atoms with Crippen LogP contribution in [0.5, 0.6) is 11.5 Å². The molecule has 0 saturated carbocycles. The molecule has 0 spiro atoms. The third-order valence-electron chi connectivity index (χ3n) is 6.67. The molecule has 0 amide bonds. The molecule has 0 radical (unpaired) electrons. The van der Waals surface area contributed by atoms with Crippen LogP contribution in [0.3, 0.4) is 0 Å². The molecule has 4 aromatic carbocycles. The van der Waals surface area contributed by atoms with Gasteiger partial charge in [-0.15, -0.1) is 0 Å². The monoisotopic (exact) mass is 664 g/mol. The van der Waals surface area contributed by atoms with Crippen LogP contribution in [-0.4, -0.2) is 29.4 Å². The number of aryl methyl sites for hydroxylation is 4. The van der Waals surface area contributed by atoms with Gasteiger partial charge in [0.15, 0.2) is 0 Å². The van der Waals surface area contributed by atoms with E-state index in [4.69, 9.17) is 34.0 Å². The van der Waals surface area contributed by atoms with E-state index in [0.29, 0.717) is 11.5 Å². The normalized spacial score (nSPS) is 18.4. The van der Waals surface area contributed by atoms with E-state index in [1.807, 2.05) is 101 Å². The average molecular weight is 664 g/mol. The number of hydrogen-bond acceptors (Lipinski definition) is 4. The molecule has 0 saturated heterocycles. The van der Waals surface area contributed by atoms with Crippen LogP contribution in [0.2, 0.25) is 0 Å². The Balaban J connectivity index is 1.79. The van der Waals surface area contributed by atoms with E-state index < -0.39 is 17.0 Å². The molecule has 2 atom stereocenters. The number of aliphatic imine (C=N–C) groups is 2. The zero-order valence-electron chi connectivity index (χ0n) is 22.4. The van der Waals surface area contributed by atoms with Crippen LogP contribution in [0.25, 0.3) is 0 Å². The maximum absolute atomic E-state index is 6.88. The second-order valence-corrected chi connectivity index (χ2v) is 21.7. The van der Waals surface area contributed by atoms with E-state index in [1.54, 1.807) is 0 Å². The molecule has 0 fully saturated rings. The zero-order valence-corrected chi connectivity index (χ0v) is 26.7. The second-order valence-electron chi connectivity index (χ2n) is 9.94. The van der Waals surface area contributed by atoms with Crippen molar-refractivity contribution in [3.63, 3.8) is 0 Å². The van der Waals surface area contributed by atoms with Crippen molar-refractivity contribution in [1.29, 1.82) is 0 Å². The van der Waals surface area contributed by atoms with Crippen LogP contribution in [0, 0.1) is 27.7 Å². The fraction of sp³-hybridized carbons (Fsp3) is 0.188. The van der Waals surface area contributed by atoms with Crippen molar-refractivity contribution in [3.8, 4) is 11.5 Å². The molecule has 4 nitrogen and oxygen atoms in total. The first-order valence-electron chi connectivity index (χ1n) is 12.8. The van der Waals surface area contributed by atoms with Gasteiger partial charge in [-0.1, -0.05) is 0 Å². The maximum atomic E-state index is 6.88. The Morgan fingerprint density at radius 1 is 0.590 bits per heavy atom. The van der Waals surface area contributed by atoms with Gasteiger partial charge in [0.1, 0.15) is 0 Å². The molecule has 1 heterocycles. The molecule has 198 valence electrons. The third kappa shape index (κ3) is 6.51.